The zero-order valence-corrected chi connectivity index (χ0v) is 13.6. The third-order valence-electron chi connectivity index (χ3n) is 2.34. The highest BCUT2D eigenvalue weighted by atomic mass is 35.5. The lowest BCUT2D eigenvalue weighted by molar-refractivity contribution is -0.117. The second-order valence-corrected chi connectivity index (χ2v) is 4.45. The van der Waals surface area contributed by atoms with E-state index in [0.29, 0.717) is 6.61 Å². The van der Waals surface area contributed by atoms with Gasteiger partial charge in [-0.25, -0.2) is 0 Å². The van der Waals surface area contributed by atoms with E-state index in [4.69, 9.17) is 10.5 Å². The minimum absolute atomic E-state index is 0. The van der Waals surface area contributed by atoms with Gasteiger partial charge in [-0.1, -0.05) is 0 Å². The topological polar surface area (TPSA) is 67.6 Å². The monoisotopic (exact) mass is 323 g/mol. The fourth-order valence-electron chi connectivity index (χ4n) is 1.24. The van der Waals surface area contributed by atoms with Gasteiger partial charge in [0, 0.05) is 12.2 Å². The van der Waals surface area contributed by atoms with Crippen LogP contribution in [-0.4, -0.2) is 44.1 Å². The summed E-state index contributed by atoms with van der Waals surface area (Å²) >= 11 is 0. The summed E-state index contributed by atoms with van der Waals surface area (Å²) in [6, 6.07) is 6.73. The average Bonchev–Trinajstić information content (AvgIpc) is 2.30. The van der Waals surface area contributed by atoms with Crippen LogP contribution < -0.4 is 15.8 Å². The number of amides is 1. The van der Waals surface area contributed by atoms with Crippen molar-refractivity contribution in [1.29, 1.82) is 0 Å². The molecule has 1 amide bonds. The first kappa shape index (κ1) is 21.3. The number of carbonyl (C=O) groups is 1. The van der Waals surface area contributed by atoms with Crippen LogP contribution in [-0.2, 0) is 4.79 Å². The number of carbonyl (C=O) groups excluding carboxylic acids is 1. The van der Waals surface area contributed by atoms with Gasteiger partial charge in [0.15, 0.2) is 0 Å². The number of benzene rings is 1. The fourth-order valence-corrected chi connectivity index (χ4v) is 1.24. The van der Waals surface area contributed by atoms with Crippen molar-refractivity contribution >= 4 is 36.4 Å². The van der Waals surface area contributed by atoms with E-state index >= 15 is 0 Å². The van der Waals surface area contributed by atoms with Crippen LogP contribution in [0.1, 0.15) is 6.92 Å². The summed E-state index contributed by atoms with van der Waals surface area (Å²) in [4.78, 5) is 13.4. The Balaban J connectivity index is 0. The summed E-state index contributed by atoms with van der Waals surface area (Å²) in [5.41, 5.74) is 6.19. The lowest BCUT2D eigenvalue weighted by Gasteiger charge is -2.12. The first-order valence-electron chi connectivity index (χ1n) is 5.93. The molecular weight excluding hydrogens is 301 g/mol. The van der Waals surface area contributed by atoms with Gasteiger partial charge >= 0.3 is 0 Å². The number of anilines is 1. The van der Waals surface area contributed by atoms with Gasteiger partial charge in [-0.2, -0.15) is 0 Å². The Morgan fingerprint density at radius 3 is 2.30 bits per heavy atom. The van der Waals surface area contributed by atoms with Crippen LogP contribution in [0.3, 0.4) is 0 Å². The Bertz CT molecular complexity index is 384. The van der Waals surface area contributed by atoms with E-state index in [1.54, 1.807) is 19.1 Å². The molecule has 0 fully saturated rings. The molecule has 0 aromatic heterocycles. The second-order valence-electron chi connectivity index (χ2n) is 4.45. The molecular formula is C13H23Cl2N3O2. The molecule has 0 saturated carbocycles. The molecule has 0 radical (unpaired) electrons. The van der Waals surface area contributed by atoms with Crippen molar-refractivity contribution in [2.24, 2.45) is 5.73 Å². The maximum Gasteiger partial charge on any atom is 0.240 e. The summed E-state index contributed by atoms with van der Waals surface area (Å²) in [6.07, 6.45) is 0. The molecule has 1 aromatic carbocycles. The molecule has 1 atom stereocenters. The van der Waals surface area contributed by atoms with Crippen LogP contribution in [0, 0.1) is 0 Å². The first-order valence-corrected chi connectivity index (χ1v) is 5.93. The van der Waals surface area contributed by atoms with Crippen LogP contribution in [0.5, 0.6) is 5.75 Å². The molecule has 0 aliphatic heterocycles. The summed E-state index contributed by atoms with van der Waals surface area (Å²) < 4.78 is 5.55. The maximum atomic E-state index is 11.4. The summed E-state index contributed by atoms with van der Waals surface area (Å²) in [5, 5.41) is 2.72. The Hall–Kier alpha value is -1.01. The molecule has 0 heterocycles. The second kappa shape index (κ2) is 10.7. The molecule has 0 saturated heterocycles. The van der Waals surface area contributed by atoms with Crippen molar-refractivity contribution in [3.63, 3.8) is 0 Å². The zero-order valence-electron chi connectivity index (χ0n) is 12.0. The van der Waals surface area contributed by atoms with Gasteiger partial charge in [-0.05, 0) is 45.3 Å². The zero-order chi connectivity index (χ0) is 13.5. The van der Waals surface area contributed by atoms with Crippen LogP contribution in [0.2, 0.25) is 0 Å². The number of hydrogen-bond donors (Lipinski definition) is 2. The predicted molar refractivity (Wildman–Crippen MR) is 87.3 cm³/mol. The van der Waals surface area contributed by atoms with E-state index in [-0.39, 0.29) is 30.7 Å². The van der Waals surface area contributed by atoms with Gasteiger partial charge in [0.2, 0.25) is 5.91 Å². The van der Waals surface area contributed by atoms with E-state index in [0.717, 1.165) is 18.0 Å². The Labute approximate surface area is 132 Å². The molecule has 7 heteroatoms. The molecule has 1 aromatic rings. The molecule has 3 N–H and O–H groups in total. The third kappa shape index (κ3) is 8.22. The number of nitrogens with two attached hydrogens (primary N) is 1. The van der Waals surface area contributed by atoms with Gasteiger partial charge in [-0.15, -0.1) is 24.8 Å². The van der Waals surface area contributed by atoms with E-state index in [1.165, 1.54) is 0 Å². The van der Waals surface area contributed by atoms with Crippen molar-refractivity contribution in [2.75, 3.05) is 32.6 Å². The summed E-state index contributed by atoms with van der Waals surface area (Å²) in [6.45, 7) is 3.15. The number of nitrogens with zero attached hydrogens (tertiary/aromatic N) is 1. The third-order valence-corrected chi connectivity index (χ3v) is 2.34. The predicted octanol–water partition coefficient (Wildman–Crippen LogP) is 1.76. The number of nitrogens with one attached hydrogen (secondary N) is 1. The quantitative estimate of drug-likeness (QED) is 0.837. The smallest absolute Gasteiger partial charge is 0.240 e. The minimum Gasteiger partial charge on any atom is -0.492 e. The van der Waals surface area contributed by atoms with Crippen molar-refractivity contribution in [2.45, 2.75) is 13.0 Å². The average molecular weight is 324 g/mol. The van der Waals surface area contributed by atoms with E-state index in [2.05, 4.69) is 10.2 Å². The van der Waals surface area contributed by atoms with Gasteiger partial charge < -0.3 is 20.7 Å². The summed E-state index contributed by atoms with van der Waals surface area (Å²) in [5.74, 6) is 0.590. The van der Waals surface area contributed by atoms with E-state index < -0.39 is 6.04 Å². The lowest BCUT2D eigenvalue weighted by atomic mass is 10.2. The highest BCUT2D eigenvalue weighted by Crippen LogP contribution is 2.15. The molecule has 0 unspecified atom stereocenters. The molecule has 0 aliphatic rings. The Kier molecular flexibility index (Phi) is 11.4. The standard InChI is InChI=1S/C13H21N3O2.2ClH/c1-10(14)13(17)15-11-4-6-12(7-5-11)18-9-8-16(2)3;;/h4-7,10H,8-9,14H2,1-3H3,(H,15,17);2*1H/t10-;;/m1../s1. The number of halogens is 2. The lowest BCUT2D eigenvalue weighted by Crippen LogP contribution is -2.32. The van der Waals surface area contributed by atoms with Gasteiger partial charge in [0.05, 0.1) is 6.04 Å². The first-order chi connectivity index (χ1) is 8.49. The molecule has 1 rings (SSSR count). The van der Waals surface area contributed by atoms with E-state index in [1.807, 2.05) is 26.2 Å². The molecule has 116 valence electrons. The Morgan fingerprint density at radius 2 is 1.85 bits per heavy atom. The fraction of sp³-hybridized carbons (Fsp3) is 0.462. The van der Waals surface area contributed by atoms with Crippen molar-refractivity contribution in [3.8, 4) is 5.75 Å². The molecule has 20 heavy (non-hydrogen) atoms. The molecule has 0 aliphatic carbocycles. The normalized spacial score (nSPS) is 11.1. The molecule has 0 spiro atoms. The summed E-state index contributed by atoms with van der Waals surface area (Å²) in [7, 11) is 3.99. The number of rotatable bonds is 6. The largest absolute Gasteiger partial charge is 0.492 e. The highest BCUT2D eigenvalue weighted by molar-refractivity contribution is 5.94. The van der Waals surface area contributed by atoms with Gasteiger partial charge in [0.25, 0.3) is 0 Å². The molecule has 5 nitrogen and oxygen atoms in total. The Morgan fingerprint density at radius 1 is 1.30 bits per heavy atom. The SMILES string of the molecule is C[C@@H](N)C(=O)Nc1ccc(OCCN(C)C)cc1.Cl.Cl. The number of ether oxygens (including phenoxy) is 1. The van der Waals surface area contributed by atoms with Crippen LogP contribution in [0.4, 0.5) is 5.69 Å². The minimum atomic E-state index is -0.513. The number of likely N-dealkylation sites (N-methyl/N-ethyl adjacent to an activating group) is 1. The highest BCUT2D eigenvalue weighted by Gasteiger charge is 2.07. The van der Waals surface area contributed by atoms with E-state index in [9.17, 15) is 4.79 Å². The van der Waals surface area contributed by atoms with Gasteiger partial charge in [0.1, 0.15) is 12.4 Å². The van der Waals surface area contributed by atoms with Crippen molar-refractivity contribution < 1.29 is 9.53 Å². The maximum absolute atomic E-state index is 11.4. The van der Waals surface area contributed by atoms with Gasteiger partial charge in [-0.3, -0.25) is 4.79 Å². The van der Waals surface area contributed by atoms with Crippen LogP contribution in [0.15, 0.2) is 24.3 Å². The van der Waals surface area contributed by atoms with Crippen LogP contribution in [0.25, 0.3) is 0 Å². The van der Waals surface area contributed by atoms with Crippen molar-refractivity contribution in [1.82, 2.24) is 4.90 Å². The van der Waals surface area contributed by atoms with Crippen LogP contribution >= 0.6 is 24.8 Å². The number of hydrogen-bond acceptors (Lipinski definition) is 4. The van der Waals surface area contributed by atoms with Crippen molar-refractivity contribution in [3.05, 3.63) is 24.3 Å². The molecule has 0 bridgehead atoms.